The van der Waals surface area contributed by atoms with E-state index in [2.05, 4.69) is 40.4 Å². The first-order valence-electron chi connectivity index (χ1n) is 9.53. The van der Waals surface area contributed by atoms with Crippen LogP contribution in [-0.4, -0.2) is 31.2 Å². The first-order chi connectivity index (χ1) is 13.7. The van der Waals surface area contributed by atoms with Gasteiger partial charge >= 0.3 is 0 Å². The molecular formula is C21H27N4O2S+. The van der Waals surface area contributed by atoms with Gasteiger partial charge in [0, 0.05) is 18.4 Å². The summed E-state index contributed by atoms with van der Waals surface area (Å²) >= 11 is 5.26. The smallest absolute Gasteiger partial charge is 0.241 e. The molecule has 4 N–H and O–H groups in total. The summed E-state index contributed by atoms with van der Waals surface area (Å²) in [4.78, 5) is 14.0. The maximum atomic E-state index is 12.4. The van der Waals surface area contributed by atoms with Crippen molar-refractivity contribution in [3.8, 4) is 5.75 Å². The highest BCUT2D eigenvalue weighted by atomic mass is 32.1. The number of hydrogen-bond acceptors (Lipinski definition) is 3. The highest BCUT2D eigenvalue weighted by Gasteiger charge is 2.27. The van der Waals surface area contributed by atoms with Gasteiger partial charge < -0.3 is 15.0 Å². The third-order valence-corrected chi connectivity index (χ3v) is 5.22. The van der Waals surface area contributed by atoms with Crippen LogP contribution in [0.3, 0.4) is 0 Å². The molecule has 1 aliphatic heterocycles. The Morgan fingerprint density at radius 2 is 1.75 bits per heavy atom. The molecule has 1 saturated heterocycles. The van der Waals surface area contributed by atoms with Gasteiger partial charge in [-0.05, 0) is 24.4 Å². The number of quaternary nitrogens is 1. The van der Waals surface area contributed by atoms with Crippen LogP contribution in [0.1, 0.15) is 18.4 Å². The monoisotopic (exact) mass is 399 g/mol. The average molecular weight is 400 g/mol. The summed E-state index contributed by atoms with van der Waals surface area (Å²) in [6, 6.07) is 18.0. The third kappa shape index (κ3) is 5.68. The molecule has 0 saturated carbocycles. The van der Waals surface area contributed by atoms with Crippen LogP contribution < -0.4 is 25.8 Å². The third-order valence-electron chi connectivity index (χ3n) is 5.01. The van der Waals surface area contributed by atoms with Crippen molar-refractivity contribution in [2.75, 3.05) is 25.5 Å². The van der Waals surface area contributed by atoms with Gasteiger partial charge in [-0.15, -0.1) is 0 Å². The SMILES string of the molecule is COc1ccccc1NC(=S)NNC(=O)C1CC[NH+](Cc2ccccc2)CC1. The zero-order valence-electron chi connectivity index (χ0n) is 16.0. The van der Waals surface area contributed by atoms with Crippen LogP contribution in [-0.2, 0) is 11.3 Å². The minimum absolute atomic E-state index is 0.0112. The molecule has 3 rings (SSSR count). The van der Waals surface area contributed by atoms with Crippen LogP contribution in [0.2, 0.25) is 0 Å². The van der Waals surface area contributed by atoms with Gasteiger partial charge in [-0.2, -0.15) is 0 Å². The Balaban J connectivity index is 1.40. The minimum atomic E-state index is -0.0112. The highest BCUT2D eigenvalue weighted by molar-refractivity contribution is 7.80. The second-order valence-corrected chi connectivity index (χ2v) is 7.36. The maximum absolute atomic E-state index is 12.4. The molecule has 2 aromatic rings. The first kappa shape index (κ1) is 20.1. The Morgan fingerprint density at radius 3 is 2.46 bits per heavy atom. The summed E-state index contributed by atoms with van der Waals surface area (Å²) in [5, 5.41) is 3.35. The fraction of sp³-hybridized carbons (Fsp3) is 0.333. The van der Waals surface area contributed by atoms with E-state index in [1.54, 1.807) is 7.11 Å². The average Bonchev–Trinajstić information content (AvgIpc) is 2.74. The van der Waals surface area contributed by atoms with E-state index < -0.39 is 0 Å². The van der Waals surface area contributed by atoms with Crippen molar-refractivity contribution in [3.63, 3.8) is 0 Å². The number of rotatable bonds is 5. The molecule has 148 valence electrons. The molecule has 1 amide bonds. The molecule has 0 aliphatic carbocycles. The van der Waals surface area contributed by atoms with Crippen molar-refractivity contribution >= 4 is 28.9 Å². The molecule has 0 atom stereocenters. The molecule has 2 aromatic carbocycles. The van der Waals surface area contributed by atoms with E-state index in [4.69, 9.17) is 17.0 Å². The summed E-state index contributed by atoms with van der Waals surface area (Å²) in [6.07, 6.45) is 1.75. The van der Waals surface area contributed by atoms with Crippen molar-refractivity contribution < 1.29 is 14.4 Å². The number of methoxy groups -OCH3 is 1. The summed E-state index contributed by atoms with van der Waals surface area (Å²) in [5.41, 5.74) is 7.61. The number of nitrogens with one attached hydrogen (secondary N) is 4. The lowest BCUT2D eigenvalue weighted by Crippen LogP contribution is -3.11. The van der Waals surface area contributed by atoms with Crippen LogP contribution in [0, 0.1) is 5.92 Å². The van der Waals surface area contributed by atoms with Gasteiger partial charge in [-0.3, -0.25) is 15.6 Å². The number of piperidine rings is 1. The molecule has 0 bridgehead atoms. The van der Waals surface area contributed by atoms with Crippen LogP contribution in [0.4, 0.5) is 5.69 Å². The summed E-state index contributed by atoms with van der Waals surface area (Å²) in [6.45, 7) is 3.01. The van der Waals surface area contributed by atoms with Gasteiger partial charge in [0.1, 0.15) is 12.3 Å². The number of likely N-dealkylation sites (tertiary alicyclic amines) is 1. The van der Waals surface area contributed by atoms with Crippen LogP contribution in [0.5, 0.6) is 5.75 Å². The van der Waals surface area contributed by atoms with E-state index in [-0.39, 0.29) is 11.8 Å². The summed E-state index contributed by atoms with van der Waals surface area (Å²) < 4.78 is 5.28. The molecule has 1 heterocycles. The summed E-state index contributed by atoms with van der Waals surface area (Å²) in [7, 11) is 1.60. The lowest BCUT2D eigenvalue weighted by Gasteiger charge is -2.28. The van der Waals surface area contributed by atoms with Gasteiger partial charge in [0.05, 0.1) is 31.8 Å². The topological polar surface area (TPSA) is 66.8 Å². The van der Waals surface area contributed by atoms with Gasteiger partial charge in [0.2, 0.25) is 5.91 Å². The molecule has 0 spiro atoms. The molecule has 1 aliphatic rings. The Bertz CT molecular complexity index is 792. The quantitative estimate of drug-likeness (QED) is 0.453. The maximum Gasteiger partial charge on any atom is 0.241 e. The van der Waals surface area contributed by atoms with Gasteiger partial charge in [0.15, 0.2) is 5.11 Å². The normalized spacial score (nSPS) is 18.8. The Labute approximate surface area is 171 Å². The predicted octanol–water partition coefficient (Wildman–Crippen LogP) is 1.51. The molecule has 28 heavy (non-hydrogen) atoms. The number of carbonyl (C=O) groups excluding carboxylic acids is 1. The number of thiocarbonyl (C=S) groups is 1. The van der Waals surface area contributed by atoms with Crippen molar-refractivity contribution in [2.45, 2.75) is 19.4 Å². The molecule has 0 radical (unpaired) electrons. The standard InChI is InChI=1S/C21H26N4O2S/c1-27-19-10-6-5-9-18(19)22-21(28)24-23-20(26)17-11-13-25(14-12-17)15-16-7-3-2-4-8-16/h2-10,17H,11-15H2,1H3,(H,23,26)(H2,22,24,28)/p+1. The highest BCUT2D eigenvalue weighted by Crippen LogP contribution is 2.22. The Morgan fingerprint density at radius 1 is 1.07 bits per heavy atom. The van der Waals surface area contributed by atoms with Crippen LogP contribution >= 0.6 is 12.2 Å². The van der Waals surface area contributed by atoms with E-state index in [9.17, 15) is 4.79 Å². The minimum Gasteiger partial charge on any atom is -0.495 e. The summed E-state index contributed by atoms with van der Waals surface area (Å²) in [5.74, 6) is 0.691. The van der Waals surface area contributed by atoms with Crippen molar-refractivity contribution in [1.82, 2.24) is 10.9 Å². The van der Waals surface area contributed by atoms with Crippen LogP contribution in [0.25, 0.3) is 0 Å². The number of anilines is 1. The molecule has 7 heteroatoms. The van der Waals surface area contributed by atoms with E-state index in [0.717, 1.165) is 38.2 Å². The second-order valence-electron chi connectivity index (χ2n) is 6.96. The first-order valence-corrected chi connectivity index (χ1v) is 9.94. The van der Waals surface area contributed by atoms with E-state index in [1.807, 2.05) is 30.3 Å². The fourth-order valence-corrected chi connectivity index (χ4v) is 3.63. The number of carbonyl (C=O) groups is 1. The molecule has 1 fully saturated rings. The number of ether oxygens (including phenoxy) is 1. The van der Waals surface area contributed by atoms with Gasteiger partial charge in [0.25, 0.3) is 0 Å². The van der Waals surface area contributed by atoms with Crippen molar-refractivity contribution in [1.29, 1.82) is 0 Å². The van der Waals surface area contributed by atoms with Crippen molar-refractivity contribution in [2.24, 2.45) is 5.92 Å². The predicted molar refractivity (Wildman–Crippen MR) is 114 cm³/mol. The molecule has 0 aromatic heterocycles. The number of amides is 1. The Hall–Kier alpha value is -2.64. The molecule has 6 nitrogen and oxygen atoms in total. The lowest BCUT2D eigenvalue weighted by atomic mass is 9.96. The van der Waals surface area contributed by atoms with Gasteiger partial charge in [-0.1, -0.05) is 42.5 Å². The molecular weight excluding hydrogens is 372 g/mol. The fourth-order valence-electron chi connectivity index (χ4n) is 3.47. The number of para-hydroxylation sites is 2. The zero-order valence-corrected chi connectivity index (χ0v) is 16.9. The number of hydrazine groups is 1. The van der Waals surface area contributed by atoms with Crippen LogP contribution in [0.15, 0.2) is 54.6 Å². The van der Waals surface area contributed by atoms with Gasteiger partial charge in [-0.25, -0.2) is 0 Å². The van der Waals surface area contributed by atoms with E-state index in [1.165, 1.54) is 10.5 Å². The largest absolute Gasteiger partial charge is 0.495 e. The van der Waals surface area contributed by atoms with E-state index in [0.29, 0.717) is 10.9 Å². The van der Waals surface area contributed by atoms with Crippen molar-refractivity contribution in [3.05, 3.63) is 60.2 Å². The Kier molecular flexibility index (Phi) is 7.22. The number of benzene rings is 2. The second kappa shape index (κ2) is 10.1. The number of hydrogen-bond donors (Lipinski definition) is 4. The lowest BCUT2D eigenvalue weighted by molar-refractivity contribution is -0.919. The molecule has 0 unspecified atom stereocenters. The van der Waals surface area contributed by atoms with E-state index >= 15 is 0 Å². The zero-order chi connectivity index (χ0) is 19.8.